The molecule has 0 aliphatic carbocycles. The number of hydrogen-bond donors (Lipinski definition) is 0. The van der Waals surface area contributed by atoms with Gasteiger partial charge in [0.2, 0.25) is 5.91 Å². The summed E-state index contributed by atoms with van der Waals surface area (Å²) in [5.41, 5.74) is 1.05. The highest BCUT2D eigenvalue weighted by Crippen LogP contribution is 2.52. The lowest BCUT2D eigenvalue weighted by Crippen LogP contribution is -2.55. The Morgan fingerprint density at radius 3 is 1.29 bits per heavy atom. The van der Waals surface area contributed by atoms with Gasteiger partial charge in [-0.15, -0.1) is 0 Å². The van der Waals surface area contributed by atoms with Crippen LogP contribution in [0.3, 0.4) is 0 Å². The van der Waals surface area contributed by atoms with Gasteiger partial charge in [-0.25, -0.2) is 14.4 Å². The number of carbonyl (C=O) groups is 4. The quantitative estimate of drug-likeness (QED) is 0.0333. The Balaban J connectivity index is 0.00000272. The molecule has 1 aliphatic rings. The minimum Gasteiger partial charge on any atom is -0.462 e. The number of ether oxygens (including phenoxy) is 3. The average Bonchev–Trinajstić information content (AvgIpc) is 3.41. The highest BCUT2D eigenvalue weighted by atomic mass is 28.5. The molecule has 1 saturated heterocycles. The summed E-state index contributed by atoms with van der Waals surface area (Å²) in [6.07, 6.45) is 7.18. The standard InChI is InChI=1S/C30H58O9Si4.C6H9NO/c1-24(2)27(31)34-21-15-18-30(19-16-22-35-28(32)25(3)4,20-17-23-36-29(33)26(5)6)43(13,14)39-40(37-41(7,8)9)38-42(10,11)12;1-2-7-5-3-4-6(7)8/h40H,1,3,5,15-23H2,2,4,6-14H3;2H,1,3-5H2. The maximum atomic E-state index is 12.1. The molecular weight excluding hydrogens is 719 g/mol. The Kier molecular flexibility index (Phi) is 21.5. The second kappa shape index (κ2) is 22.6. The molecule has 0 spiro atoms. The van der Waals surface area contributed by atoms with Gasteiger partial charge in [0.1, 0.15) is 0 Å². The van der Waals surface area contributed by atoms with E-state index in [1.165, 1.54) is 0 Å². The Bertz CT molecular complexity index is 1120. The van der Waals surface area contributed by atoms with E-state index in [9.17, 15) is 19.2 Å². The Labute approximate surface area is 313 Å². The SMILES string of the molecule is C=C(C)C(=O)OCCCC(CCCOC(=O)C(=C)C)(CCCOC(=O)C(=C)C)[Si](C)(C)O[SiH](O[Si](C)(C)C)O[Si](C)(C)C.C=CN1CCCC1=O. The van der Waals surface area contributed by atoms with Crippen molar-refractivity contribution in [3.63, 3.8) is 0 Å². The number of hydrogen-bond acceptors (Lipinski definition) is 10. The molecule has 0 bridgehead atoms. The number of carbonyl (C=O) groups excluding carboxylic acids is 4. The topological polar surface area (TPSA) is 127 Å². The molecule has 15 heteroatoms. The average molecular weight is 786 g/mol. The molecule has 1 heterocycles. The largest absolute Gasteiger partial charge is 0.462 e. The number of rotatable bonds is 23. The maximum absolute atomic E-state index is 12.1. The molecule has 0 aromatic rings. The fourth-order valence-corrected chi connectivity index (χ4v) is 17.0. The van der Waals surface area contributed by atoms with Crippen LogP contribution in [0.25, 0.3) is 0 Å². The summed E-state index contributed by atoms with van der Waals surface area (Å²) in [5, 5.41) is -0.356. The molecule has 0 atom stereocenters. The smallest absolute Gasteiger partial charge is 0.452 e. The van der Waals surface area contributed by atoms with Crippen LogP contribution in [-0.4, -0.2) is 89.6 Å². The molecule has 292 valence electrons. The van der Waals surface area contributed by atoms with E-state index in [2.05, 4.69) is 78.7 Å². The van der Waals surface area contributed by atoms with Gasteiger partial charge in [-0.2, -0.15) is 0 Å². The minimum atomic E-state index is -2.66. The van der Waals surface area contributed by atoms with Crippen LogP contribution in [0, 0.1) is 0 Å². The normalized spacial score (nSPS) is 13.6. The number of amides is 1. The molecule has 0 aromatic heterocycles. The molecule has 0 unspecified atom stereocenters. The molecule has 1 amide bonds. The molecular formula is C36H67NO10Si4. The maximum Gasteiger partial charge on any atom is 0.452 e. The highest BCUT2D eigenvalue weighted by Gasteiger charge is 2.50. The van der Waals surface area contributed by atoms with E-state index >= 15 is 0 Å². The minimum absolute atomic E-state index is 0.208. The van der Waals surface area contributed by atoms with E-state index in [1.807, 2.05) is 0 Å². The van der Waals surface area contributed by atoms with E-state index in [4.69, 9.17) is 26.6 Å². The van der Waals surface area contributed by atoms with Crippen molar-refractivity contribution in [2.75, 3.05) is 26.4 Å². The fraction of sp³-hybridized carbons (Fsp3) is 0.667. The molecule has 0 saturated carbocycles. The van der Waals surface area contributed by atoms with E-state index in [0.29, 0.717) is 61.7 Å². The van der Waals surface area contributed by atoms with Gasteiger partial charge in [0.25, 0.3) is 0 Å². The first kappa shape index (κ1) is 48.6. The summed E-state index contributed by atoms with van der Waals surface area (Å²) in [7, 11) is -9.16. The lowest BCUT2D eigenvalue weighted by atomic mass is 9.91. The third kappa shape index (κ3) is 20.4. The predicted octanol–water partition coefficient (Wildman–Crippen LogP) is 7.82. The van der Waals surface area contributed by atoms with Crippen molar-refractivity contribution >= 4 is 58.3 Å². The van der Waals surface area contributed by atoms with Crippen LogP contribution in [0.5, 0.6) is 0 Å². The molecule has 0 N–H and O–H groups in total. The van der Waals surface area contributed by atoms with E-state index < -0.39 is 52.4 Å². The first-order valence-corrected chi connectivity index (χ1v) is 28.9. The van der Waals surface area contributed by atoms with Crippen LogP contribution in [0.2, 0.25) is 57.4 Å². The van der Waals surface area contributed by atoms with Crippen molar-refractivity contribution in [2.24, 2.45) is 0 Å². The van der Waals surface area contributed by atoms with E-state index in [-0.39, 0.29) is 30.8 Å². The molecule has 0 radical (unpaired) electrons. The summed E-state index contributed by atoms with van der Waals surface area (Å²) in [6, 6.07) is 0. The van der Waals surface area contributed by atoms with Gasteiger partial charge in [0.05, 0.1) is 19.8 Å². The second-order valence-electron chi connectivity index (χ2n) is 15.6. The summed E-state index contributed by atoms with van der Waals surface area (Å²) >= 11 is 0. The van der Waals surface area contributed by atoms with Crippen LogP contribution in [0.1, 0.15) is 72.1 Å². The molecule has 0 aromatic carbocycles. The van der Waals surface area contributed by atoms with Gasteiger partial charge in [-0.1, -0.05) is 26.3 Å². The van der Waals surface area contributed by atoms with Crippen molar-refractivity contribution in [2.45, 2.75) is 130 Å². The lowest BCUT2D eigenvalue weighted by Gasteiger charge is -2.48. The zero-order valence-corrected chi connectivity index (χ0v) is 37.7. The Hall–Kier alpha value is -2.41. The van der Waals surface area contributed by atoms with Crippen molar-refractivity contribution in [3.05, 3.63) is 49.2 Å². The summed E-state index contributed by atoms with van der Waals surface area (Å²) in [5.74, 6) is -1.05. The Morgan fingerprint density at radius 1 is 0.706 bits per heavy atom. The monoisotopic (exact) mass is 785 g/mol. The fourth-order valence-electron chi connectivity index (χ4n) is 5.25. The number of likely N-dealkylation sites (tertiary alicyclic amines) is 1. The van der Waals surface area contributed by atoms with Gasteiger partial charge in [0.15, 0.2) is 25.0 Å². The third-order valence-electron chi connectivity index (χ3n) is 8.04. The second-order valence-corrected chi connectivity index (χ2v) is 31.5. The van der Waals surface area contributed by atoms with Crippen LogP contribution in [-0.2, 0) is 45.7 Å². The van der Waals surface area contributed by atoms with Crippen LogP contribution in [0.4, 0.5) is 0 Å². The van der Waals surface area contributed by atoms with Gasteiger partial charge in [-0.3, -0.25) is 4.79 Å². The third-order valence-corrected chi connectivity index (χ3v) is 21.7. The summed E-state index contributed by atoms with van der Waals surface area (Å²) in [6.45, 7) is 38.1. The zero-order chi connectivity index (χ0) is 39.6. The number of esters is 3. The van der Waals surface area contributed by atoms with Crippen LogP contribution in [0.15, 0.2) is 49.2 Å². The zero-order valence-electron chi connectivity index (χ0n) is 33.5. The first-order chi connectivity index (χ1) is 23.4. The van der Waals surface area contributed by atoms with Gasteiger partial charge in [0, 0.05) is 29.7 Å². The van der Waals surface area contributed by atoms with E-state index in [1.54, 1.807) is 31.9 Å². The van der Waals surface area contributed by atoms with Crippen molar-refractivity contribution < 1.29 is 45.7 Å². The van der Waals surface area contributed by atoms with E-state index in [0.717, 1.165) is 13.0 Å². The summed E-state index contributed by atoms with van der Waals surface area (Å²) < 4.78 is 36.5. The van der Waals surface area contributed by atoms with Crippen LogP contribution < -0.4 is 0 Å². The van der Waals surface area contributed by atoms with Gasteiger partial charge < -0.3 is 31.5 Å². The summed E-state index contributed by atoms with van der Waals surface area (Å²) in [4.78, 5) is 48.5. The molecule has 1 aliphatic heterocycles. The Morgan fingerprint density at radius 2 is 1.06 bits per heavy atom. The van der Waals surface area contributed by atoms with Gasteiger partial charge >= 0.3 is 27.4 Å². The lowest BCUT2D eigenvalue weighted by molar-refractivity contribution is -0.139. The van der Waals surface area contributed by atoms with Crippen LogP contribution >= 0.6 is 0 Å². The number of nitrogens with zero attached hydrogens (tertiary/aromatic N) is 1. The predicted molar refractivity (Wildman–Crippen MR) is 213 cm³/mol. The molecule has 1 fully saturated rings. The molecule has 11 nitrogen and oxygen atoms in total. The first-order valence-electron chi connectivity index (χ1n) is 17.8. The van der Waals surface area contributed by atoms with Crippen molar-refractivity contribution in [1.82, 2.24) is 4.90 Å². The molecule has 1 rings (SSSR count). The van der Waals surface area contributed by atoms with Crippen molar-refractivity contribution in [1.29, 1.82) is 0 Å². The van der Waals surface area contributed by atoms with Crippen molar-refractivity contribution in [3.8, 4) is 0 Å². The highest BCUT2D eigenvalue weighted by molar-refractivity contribution is 6.84. The van der Waals surface area contributed by atoms with Gasteiger partial charge in [-0.05, 0) is 129 Å². The molecule has 51 heavy (non-hydrogen) atoms.